The number of fused-ring (bicyclic) bond motifs is 1. The lowest BCUT2D eigenvalue weighted by Gasteiger charge is -2.16. The van der Waals surface area contributed by atoms with Crippen LogP contribution in [0.4, 0.5) is 0 Å². The van der Waals surface area contributed by atoms with Gasteiger partial charge >= 0.3 is 0 Å². The first-order chi connectivity index (χ1) is 8.75. The maximum atomic E-state index is 6.28. The van der Waals surface area contributed by atoms with E-state index in [2.05, 4.69) is 15.0 Å². The normalized spacial score (nSPS) is 14.3. The second kappa shape index (κ2) is 4.65. The monoisotopic (exact) mass is 259 g/mol. The van der Waals surface area contributed by atoms with Crippen molar-refractivity contribution in [3.63, 3.8) is 0 Å². The highest BCUT2D eigenvalue weighted by Crippen LogP contribution is 2.28. The molecule has 18 heavy (non-hydrogen) atoms. The van der Waals surface area contributed by atoms with Crippen molar-refractivity contribution in [1.29, 1.82) is 0 Å². The molecule has 3 rings (SSSR count). The third-order valence-corrected chi connectivity index (χ3v) is 3.73. The van der Waals surface area contributed by atoms with Crippen molar-refractivity contribution in [1.82, 2.24) is 15.0 Å². The molecule has 0 atom stereocenters. The molecule has 3 nitrogen and oxygen atoms in total. The van der Waals surface area contributed by atoms with Crippen LogP contribution in [0.2, 0.25) is 5.15 Å². The molecule has 2 heterocycles. The lowest BCUT2D eigenvalue weighted by atomic mass is 9.97. The van der Waals surface area contributed by atoms with Gasteiger partial charge in [0.2, 0.25) is 0 Å². The quantitative estimate of drug-likeness (QED) is 0.737. The van der Waals surface area contributed by atoms with E-state index >= 15 is 0 Å². The summed E-state index contributed by atoms with van der Waals surface area (Å²) in [7, 11) is 0. The summed E-state index contributed by atoms with van der Waals surface area (Å²) in [6, 6.07) is 1.96. The summed E-state index contributed by atoms with van der Waals surface area (Å²) >= 11 is 6.28. The van der Waals surface area contributed by atoms with E-state index in [4.69, 9.17) is 11.6 Å². The van der Waals surface area contributed by atoms with Gasteiger partial charge < -0.3 is 0 Å². The summed E-state index contributed by atoms with van der Waals surface area (Å²) in [5.74, 6) is 0.700. The Labute approximate surface area is 111 Å². The minimum atomic E-state index is 0.609. The third-order valence-electron chi connectivity index (χ3n) is 3.41. The molecular formula is C14H14ClN3. The van der Waals surface area contributed by atoms with Gasteiger partial charge in [0.15, 0.2) is 5.82 Å². The fourth-order valence-electron chi connectivity index (χ4n) is 2.37. The van der Waals surface area contributed by atoms with Crippen LogP contribution < -0.4 is 0 Å². The van der Waals surface area contributed by atoms with E-state index in [0.717, 1.165) is 35.2 Å². The molecule has 0 aliphatic heterocycles. The average Bonchev–Trinajstić information content (AvgIpc) is 2.39. The Hall–Kier alpha value is -1.48. The highest BCUT2D eigenvalue weighted by atomic mass is 35.5. The summed E-state index contributed by atoms with van der Waals surface area (Å²) in [5, 5.41) is 0.609. The summed E-state index contributed by atoms with van der Waals surface area (Å²) < 4.78 is 0. The maximum Gasteiger partial charge on any atom is 0.162 e. The summed E-state index contributed by atoms with van der Waals surface area (Å²) in [5.41, 5.74) is 4.33. The molecule has 0 unspecified atom stereocenters. The van der Waals surface area contributed by atoms with Crippen LogP contribution in [0, 0.1) is 6.92 Å². The van der Waals surface area contributed by atoms with Gasteiger partial charge in [-0.1, -0.05) is 11.6 Å². The first-order valence-electron chi connectivity index (χ1n) is 6.22. The molecule has 0 fully saturated rings. The van der Waals surface area contributed by atoms with Crippen molar-refractivity contribution in [2.45, 2.75) is 32.6 Å². The standard InChI is InChI=1S/C14H14ClN3/c1-9-6-7-16-8-11(9)14-17-12-5-3-2-4-10(12)13(15)18-14/h6-8H,2-5H2,1H3. The number of hydrogen-bond acceptors (Lipinski definition) is 3. The first-order valence-corrected chi connectivity index (χ1v) is 6.60. The van der Waals surface area contributed by atoms with Crippen molar-refractivity contribution in [2.24, 2.45) is 0 Å². The van der Waals surface area contributed by atoms with Crippen molar-refractivity contribution < 1.29 is 0 Å². The molecule has 0 radical (unpaired) electrons. The Balaban J connectivity index is 2.14. The molecular weight excluding hydrogens is 246 g/mol. The van der Waals surface area contributed by atoms with Gasteiger partial charge in [0.05, 0.1) is 0 Å². The fourth-order valence-corrected chi connectivity index (χ4v) is 2.65. The van der Waals surface area contributed by atoms with E-state index in [1.165, 1.54) is 12.8 Å². The number of halogens is 1. The van der Waals surface area contributed by atoms with E-state index < -0.39 is 0 Å². The summed E-state index contributed by atoms with van der Waals surface area (Å²) in [4.78, 5) is 13.2. The molecule has 4 heteroatoms. The van der Waals surface area contributed by atoms with Gasteiger partial charge in [-0.25, -0.2) is 9.97 Å². The van der Waals surface area contributed by atoms with E-state index in [-0.39, 0.29) is 0 Å². The van der Waals surface area contributed by atoms with Crippen LogP contribution in [0.25, 0.3) is 11.4 Å². The minimum absolute atomic E-state index is 0.609. The number of rotatable bonds is 1. The fraction of sp³-hybridized carbons (Fsp3) is 0.357. The van der Waals surface area contributed by atoms with Gasteiger partial charge in [-0.05, 0) is 44.2 Å². The maximum absolute atomic E-state index is 6.28. The zero-order valence-corrected chi connectivity index (χ0v) is 11.0. The highest BCUT2D eigenvalue weighted by molar-refractivity contribution is 6.30. The molecule has 2 aromatic rings. The van der Waals surface area contributed by atoms with Crippen LogP contribution in [0.5, 0.6) is 0 Å². The first kappa shape index (κ1) is 11.6. The van der Waals surface area contributed by atoms with E-state index in [9.17, 15) is 0 Å². The summed E-state index contributed by atoms with van der Waals surface area (Å²) in [6.45, 7) is 2.04. The van der Waals surface area contributed by atoms with Gasteiger partial charge in [-0.2, -0.15) is 0 Å². The molecule has 0 spiro atoms. The zero-order chi connectivity index (χ0) is 12.5. The Morgan fingerprint density at radius 2 is 2.00 bits per heavy atom. The number of aryl methyl sites for hydroxylation is 2. The number of nitrogens with zero attached hydrogens (tertiary/aromatic N) is 3. The number of hydrogen-bond donors (Lipinski definition) is 0. The Morgan fingerprint density at radius 3 is 2.83 bits per heavy atom. The van der Waals surface area contributed by atoms with Gasteiger partial charge in [0, 0.05) is 29.2 Å². The van der Waals surface area contributed by atoms with Gasteiger partial charge in [0.25, 0.3) is 0 Å². The van der Waals surface area contributed by atoms with Crippen molar-refractivity contribution in [3.05, 3.63) is 40.4 Å². The van der Waals surface area contributed by atoms with E-state index in [0.29, 0.717) is 11.0 Å². The van der Waals surface area contributed by atoms with Crippen LogP contribution >= 0.6 is 11.6 Å². The number of pyridine rings is 1. The lowest BCUT2D eigenvalue weighted by molar-refractivity contribution is 0.663. The van der Waals surface area contributed by atoms with Crippen LogP contribution in [-0.4, -0.2) is 15.0 Å². The van der Waals surface area contributed by atoms with Gasteiger partial charge in [0.1, 0.15) is 5.15 Å². The van der Waals surface area contributed by atoms with E-state index in [1.807, 2.05) is 13.0 Å². The van der Waals surface area contributed by atoms with Crippen molar-refractivity contribution in [3.8, 4) is 11.4 Å². The second-order valence-corrected chi connectivity index (χ2v) is 5.02. The van der Waals surface area contributed by atoms with Crippen molar-refractivity contribution >= 4 is 11.6 Å². The minimum Gasteiger partial charge on any atom is -0.264 e. The molecule has 0 amide bonds. The smallest absolute Gasteiger partial charge is 0.162 e. The molecule has 1 aliphatic carbocycles. The molecule has 0 aromatic carbocycles. The number of aromatic nitrogens is 3. The van der Waals surface area contributed by atoms with Crippen molar-refractivity contribution in [2.75, 3.05) is 0 Å². The predicted octanol–water partition coefficient (Wildman–Crippen LogP) is 3.38. The topological polar surface area (TPSA) is 38.7 Å². The molecule has 0 saturated heterocycles. The van der Waals surface area contributed by atoms with Crippen LogP contribution in [-0.2, 0) is 12.8 Å². The average molecular weight is 260 g/mol. The molecule has 1 aliphatic rings. The third kappa shape index (κ3) is 1.99. The van der Waals surface area contributed by atoms with Crippen LogP contribution in [0.1, 0.15) is 29.7 Å². The van der Waals surface area contributed by atoms with Gasteiger partial charge in [-0.15, -0.1) is 0 Å². The lowest BCUT2D eigenvalue weighted by Crippen LogP contribution is -2.09. The van der Waals surface area contributed by atoms with Crippen LogP contribution in [0.15, 0.2) is 18.5 Å². The molecule has 0 N–H and O–H groups in total. The predicted molar refractivity (Wildman–Crippen MR) is 71.7 cm³/mol. The summed E-state index contributed by atoms with van der Waals surface area (Å²) in [6.07, 6.45) is 7.95. The van der Waals surface area contributed by atoms with E-state index in [1.54, 1.807) is 12.4 Å². The largest absolute Gasteiger partial charge is 0.264 e. The second-order valence-electron chi connectivity index (χ2n) is 4.66. The Morgan fingerprint density at radius 1 is 1.17 bits per heavy atom. The Bertz CT molecular complexity index is 596. The SMILES string of the molecule is Cc1ccncc1-c1nc(Cl)c2c(n1)CCCC2. The van der Waals surface area contributed by atoms with Crippen LogP contribution in [0.3, 0.4) is 0 Å². The zero-order valence-electron chi connectivity index (χ0n) is 10.3. The Kier molecular flexibility index (Phi) is 3.00. The molecule has 0 saturated carbocycles. The highest BCUT2D eigenvalue weighted by Gasteiger charge is 2.17. The van der Waals surface area contributed by atoms with Gasteiger partial charge in [-0.3, -0.25) is 4.98 Å². The molecule has 92 valence electrons. The molecule has 2 aromatic heterocycles. The molecule has 0 bridgehead atoms.